The predicted octanol–water partition coefficient (Wildman–Crippen LogP) is 11.4. The maximum absolute atomic E-state index is 10.00. The van der Waals surface area contributed by atoms with Crippen LogP contribution in [0.2, 0.25) is 0 Å². The molecule has 246 valence electrons. The Labute approximate surface area is 259 Å². The fraction of sp³-hybridized carbons (Fsp3) is 0.947. The molecule has 0 saturated carbocycles. The van der Waals surface area contributed by atoms with Crippen LogP contribution in [-0.4, -0.2) is 34.6 Å². The zero-order valence-corrected chi connectivity index (χ0v) is 29.4. The highest BCUT2D eigenvalue weighted by molar-refractivity contribution is 5.19. The third kappa shape index (κ3) is 37.4. The van der Waals surface area contributed by atoms with Crippen molar-refractivity contribution in [2.45, 2.75) is 208 Å². The van der Waals surface area contributed by atoms with Gasteiger partial charge in [-0.15, -0.1) is 0 Å². The summed E-state index contributed by atoms with van der Waals surface area (Å²) >= 11 is 0. The van der Waals surface area contributed by atoms with Crippen LogP contribution in [0.4, 0.5) is 0 Å². The summed E-state index contributed by atoms with van der Waals surface area (Å²) in [6, 6.07) is 0. The number of rotatable bonds is 26. The van der Waals surface area contributed by atoms with E-state index in [-0.39, 0.29) is 0 Å². The normalized spacial score (nSPS) is 14.2. The Morgan fingerprint density at radius 3 is 0.951 bits per heavy atom. The molecule has 0 radical (unpaired) electrons. The van der Waals surface area contributed by atoms with Gasteiger partial charge in [-0.1, -0.05) is 169 Å². The molecule has 0 aromatic heterocycles. The largest absolute Gasteiger partial charge is 0.381 e. The monoisotopic (exact) mass is 581 g/mol. The van der Waals surface area contributed by atoms with Gasteiger partial charge in [-0.3, -0.25) is 0 Å². The summed E-state index contributed by atoms with van der Waals surface area (Å²) in [5.74, 6) is 6.36. The first-order chi connectivity index (χ1) is 19.5. The van der Waals surface area contributed by atoms with Crippen LogP contribution in [0.3, 0.4) is 0 Å². The number of ether oxygens (including phenoxy) is 1. The number of aliphatic hydroxyl groups is 2. The number of hydrogen-bond donors (Lipinski definition) is 2. The molecule has 2 N–H and O–H groups in total. The smallest absolute Gasteiger partial charge is 0.123 e. The third-order valence-electron chi connectivity index (χ3n) is 7.50. The van der Waals surface area contributed by atoms with Crippen molar-refractivity contribution in [3.8, 4) is 11.8 Å². The molecular weight excluding hydrogens is 504 g/mol. The summed E-state index contributed by atoms with van der Waals surface area (Å²) in [7, 11) is 0. The summed E-state index contributed by atoms with van der Waals surface area (Å²) in [6.07, 6.45) is 29.4. The minimum absolute atomic E-state index is 0.388. The maximum Gasteiger partial charge on any atom is 0.123 e. The van der Waals surface area contributed by atoms with Crippen LogP contribution in [-0.2, 0) is 4.74 Å². The van der Waals surface area contributed by atoms with Crippen molar-refractivity contribution in [1.29, 1.82) is 0 Å². The van der Waals surface area contributed by atoms with E-state index in [4.69, 9.17) is 4.74 Å². The first-order valence-electron chi connectivity index (χ1n) is 18.0. The van der Waals surface area contributed by atoms with Crippen molar-refractivity contribution in [3.05, 3.63) is 0 Å². The van der Waals surface area contributed by atoms with E-state index < -0.39 is 11.2 Å². The molecule has 0 heterocycles. The number of unbranched alkanes of at least 4 members (excludes halogenated alkanes) is 18. The minimum Gasteiger partial charge on any atom is -0.381 e. The van der Waals surface area contributed by atoms with E-state index >= 15 is 0 Å². The van der Waals surface area contributed by atoms with Gasteiger partial charge in [-0.2, -0.15) is 0 Å². The second-order valence-electron chi connectivity index (χ2n) is 14.0. The van der Waals surface area contributed by atoms with Gasteiger partial charge in [0, 0.05) is 13.2 Å². The third-order valence-corrected chi connectivity index (χ3v) is 7.50. The van der Waals surface area contributed by atoms with Crippen molar-refractivity contribution in [2.24, 2.45) is 11.8 Å². The lowest BCUT2D eigenvalue weighted by Gasteiger charge is -2.22. The Morgan fingerprint density at radius 1 is 0.463 bits per heavy atom. The van der Waals surface area contributed by atoms with Crippen molar-refractivity contribution < 1.29 is 14.9 Å². The molecule has 0 aliphatic rings. The molecule has 0 aliphatic heterocycles. The van der Waals surface area contributed by atoms with E-state index in [1.165, 1.54) is 128 Å². The molecule has 3 nitrogen and oxygen atoms in total. The van der Waals surface area contributed by atoms with Gasteiger partial charge in [0.05, 0.1) is 0 Å². The second kappa shape index (κ2) is 29.5. The van der Waals surface area contributed by atoms with Crippen molar-refractivity contribution in [2.75, 3.05) is 13.2 Å². The van der Waals surface area contributed by atoms with E-state index in [0.717, 1.165) is 13.2 Å². The molecule has 0 spiro atoms. The lowest BCUT2D eigenvalue weighted by atomic mass is 9.91. The molecule has 0 bridgehead atoms. The van der Waals surface area contributed by atoms with Gasteiger partial charge in [-0.25, -0.2) is 0 Å². The molecular formula is C38H76O3. The van der Waals surface area contributed by atoms with E-state index in [9.17, 15) is 10.2 Å². The zero-order valence-electron chi connectivity index (χ0n) is 29.4. The van der Waals surface area contributed by atoms with Gasteiger partial charge in [0.15, 0.2) is 0 Å². The van der Waals surface area contributed by atoms with Gasteiger partial charge >= 0.3 is 0 Å². The van der Waals surface area contributed by atoms with Crippen LogP contribution in [0.25, 0.3) is 0 Å². The highest BCUT2D eigenvalue weighted by Gasteiger charge is 2.22. The molecule has 2 unspecified atom stereocenters. The topological polar surface area (TPSA) is 49.7 Å². The van der Waals surface area contributed by atoms with Gasteiger partial charge in [0.1, 0.15) is 11.2 Å². The van der Waals surface area contributed by atoms with Crippen LogP contribution in [0.15, 0.2) is 0 Å². The average Bonchev–Trinajstić information content (AvgIpc) is 2.87. The van der Waals surface area contributed by atoms with Crippen LogP contribution >= 0.6 is 0 Å². The first-order valence-corrected chi connectivity index (χ1v) is 18.0. The summed E-state index contributed by atoms with van der Waals surface area (Å²) < 4.78 is 5.78. The molecule has 0 fully saturated rings. The molecule has 2 atom stereocenters. The average molecular weight is 581 g/mol. The molecule has 0 rings (SSSR count). The van der Waals surface area contributed by atoms with Crippen LogP contribution in [0.5, 0.6) is 0 Å². The zero-order chi connectivity index (χ0) is 31.2. The molecule has 0 aliphatic carbocycles. The Hall–Kier alpha value is -0.560. The maximum atomic E-state index is 10.00. The van der Waals surface area contributed by atoms with E-state index in [1.54, 1.807) is 13.8 Å². The molecule has 0 aromatic rings. The van der Waals surface area contributed by atoms with Crippen LogP contribution < -0.4 is 0 Å². The standard InChI is InChI=1S/C24H50O.C14H26O2/c1-3-5-7-9-11-13-15-17-19-21-23-25-24-22-20-18-16-14-12-10-8-6-4-2;1-11(2)9-13(5,15)7-8-14(6,16)10-12(3)4/h3-24H2,1-2H3;11-12,15-16H,9-10H2,1-6H3. The highest BCUT2D eigenvalue weighted by Crippen LogP contribution is 2.19. The fourth-order valence-electron chi connectivity index (χ4n) is 5.45. The molecule has 0 aromatic carbocycles. The molecule has 0 amide bonds. The van der Waals surface area contributed by atoms with Gasteiger partial charge < -0.3 is 14.9 Å². The Bertz CT molecular complexity index is 534. The van der Waals surface area contributed by atoms with Crippen molar-refractivity contribution in [3.63, 3.8) is 0 Å². The Kier molecular flexibility index (Phi) is 30.6. The summed E-state index contributed by atoms with van der Waals surface area (Å²) in [6.45, 7) is 18.1. The lowest BCUT2D eigenvalue weighted by molar-refractivity contribution is 0.0859. The van der Waals surface area contributed by atoms with Crippen LogP contribution in [0.1, 0.15) is 197 Å². The Balaban J connectivity index is 0. The van der Waals surface area contributed by atoms with Gasteiger partial charge in [-0.05, 0) is 51.4 Å². The highest BCUT2D eigenvalue weighted by atomic mass is 16.5. The molecule has 3 heteroatoms. The SMILES string of the molecule is CC(C)CC(C)(O)C#CC(C)(O)CC(C)C.CCCCCCCCCCCCOCCCCCCCCCCCC. The quantitative estimate of drug-likeness (QED) is 0.0790. The van der Waals surface area contributed by atoms with E-state index in [2.05, 4.69) is 25.7 Å². The van der Waals surface area contributed by atoms with Gasteiger partial charge in [0.2, 0.25) is 0 Å². The first kappa shape index (κ1) is 42.6. The fourth-order valence-corrected chi connectivity index (χ4v) is 5.45. The lowest BCUT2D eigenvalue weighted by Crippen LogP contribution is -2.28. The van der Waals surface area contributed by atoms with Gasteiger partial charge in [0.25, 0.3) is 0 Å². The van der Waals surface area contributed by atoms with Crippen molar-refractivity contribution in [1.82, 2.24) is 0 Å². The Morgan fingerprint density at radius 2 is 0.707 bits per heavy atom. The van der Waals surface area contributed by atoms with E-state index in [0.29, 0.717) is 24.7 Å². The molecule has 41 heavy (non-hydrogen) atoms. The predicted molar refractivity (Wildman–Crippen MR) is 182 cm³/mol. The summed E-state index contributed by atoms with van der Waals surface area (Å²) in [5, 5.41) is 20.0. The van der Waals surface area contributed by atoms with E-state index in [1.807, 2.05) is 27.7 Å². The van der Waals surface area contributed by atoms with Crippen LogP contribution in [0, 0.1) is 23.7 Å². The van der Waals surface area contributed by atoms with Crippen molar-refractivity contribution >= 4 is 0 Å². The number of hydrogen-bond acceptors (Lipinski definition) is 3. The second-order valence-corrected chi connectivity index (χ2v) is 14.0. The molecule has 0 saturated heterocycles. The summed E-state index contributed by atoms with van der Waals surface area (Å²) in [4.78, 5) is 0. The summed E-state index contributed by atoms with van der Waals surface area (Å²) in [5.41, 5.74) is -2.01. The minimum atomic E-state index is -1.00.